The van der Waals surface area contributed by atoms with Gasteiger partial charge in [-0.2, -0.15) is 5.26 Å². The van der Waals surface area contributed by atoms with Crippen LogP contribution in [0.2, 0.25) is 0 Å². The monoisotopic (exact) mass is 284 g/mol. The van der Waals surface area contributed by atoms with Gasteiger partial charge in [0.15, 0.2) is 6.07 Å². The van der Waals surface area contributed by atoms with E-state index in [2.05, 4.69) is 15.9 Å². The van der Waals surface area contributed by atoms with E-state index in [0.717, 1.165) is 4.47 Å². The third-order valence-corrected chi connectivity index (χ3v) is 2.66. The molecule has 0 spiro atoms. The molecule has 0 N–H and O–H groups in total. The van der Waals surface area contributed by atoms with Crippen molar-refractivity contribution in [1.29, 1.82) is 5.26 Å². The summed E-state index contributed by atoms with van der Waals surface area (Å²) in [6.45, 7) is 0.319. The molecule has 0 radical (unpaired) electrons. The maximum Gasteiger partial charge on any atom is 0.324 e. The lowest BCUT2D eigenvalue weighted by atomic mass is 10.1. The second-order valence-corrected chi connectivity index (χ2v) is 4.24. The van der Waals surface area contributed by atoms with Crippen LogP contribution in [0, 0.1) is 17.1 Å². The third kappa shape index (κ3) is 3.31. The van der Waals surface area contributed by atoms with Gasteiger partial charge in [0.25, 0.3) is 0 Å². The summed E-state index contributed by atoms with van der Waals surface area (Å²) >= 11 is 3.25. The molecule has 84 valence electrons. The largest absolute Gasteiger partial charge is 0.333 e. The minimum Gasteiger partial charge on any atom is -0.333 e. The van der Waals surface area contributed by atoms with Gasteiger partial charge in [0.1, 0.15) is 5.82 Å². The minimum absolute atomic E-state index is 0.305. The summed E-state index contributed by atoms with van der Waals surface area (Å²) in [5, 5.41) is 8.38. The van der Waals surface area contributed by atoms with Crippen molar-refractivity contribution < 1.29 is 9.18 Å². The first kappa shape index (κ1) is 12.7. The number of carbonyl (C=O) groups excluding carboxylic acids is 1. The number of carbonyl (C=O) groups is 1. The highest BCUT2D eigenvalue weighted by molar-refractivity contribution is 9.10. The highest BCUT2D eigenvalue weighted by Crippen LogP contribution is 2.16. The maximum absolute atomic E-state index is 13.3. The zero-order valence-corrected chi connectivity index (χ0v) is 10.3. The van der Waals surface area contributed by atoms with Gasteiger partial charge in [0, 0.05) is 18.1 Å². The van der Waals surface area contributed by atoms with E-state index in [9.17, 15) is 9.18 Å². The highest BCUT2D eigenvalue weighted by Gasteiger charge is 2.09. The van der Waals surface area contributed by atoms with Crippen molar-refractivity contribution in [3.8, 4) is 6.07 Å². The molecular formula is C11H10BrFN2O. The van der Waals surface area contributed by atoms with Crippen molar-refractivity contribution in [3.63, 3.8) is 0 Å². The normalized spacial score (nSPS) is 9.62. The average molecular weight is 285 g/mol. The summed E-state index contributed by atoms with van der Waals surface area (Å²) in [4.78, 5) is 12.2. The second kappa shape index (κ2) is 5.61. The fourth-order valence-electron chi connectivity index (χ4n) is 1.21. The standard InChI is InChI=1S/C11H10BrFN2O/c1-15(11(16)7-14)5-4-8-6-9(12)2-3-10(8)13/h2-3,6H,4-5H2,1H3. The van der Waals surface area contributed by atoms with Gasteiger partial charge < -0.3 is 4.90 Å². The summed E-state index contributed by atoms with van der Waals surface area (Å²) in [5.41, 5.74) is 0.520. The molecule has 5 heteroatoms. The molecule has 1 amide bonds. The molecule has 1 aromatic rings. The zero-order chi connectivity index (χ0) is 12.1. The Morgan fingerprint density at radius 2 is 2.31 bits per heavy atom. The summed E-state index contributed by atoms with van der Waals surface area (Å²) in [6, 6.07) is 6.16. The third-order valence-electron chi connectivity index (χ3n) is 2.17. The van der Waals surface area contributed by atoms with Crippen molar-refractivity contribution in [3.05, 3.63) is 34.1 Å². The predicted molar refractivity (Wildman–Crippen MR) is 61.1 cm³/mol. The number of hydrogen-bond acceptors (Lipinski definition) is 2. The molecule has 1 rings (SSSR count). The molecule has 0 aromatic heterocycles. The summed E-state index contributed by atoms with van der Waals surface area (Å²) in [5.74, 6) is -0.920. The summed E-state index contributed by atoms with van der Waals surface area (Å²) in [6.07, 6.45) is 0.384. The molecular weight excluding hydrogens is 275 g/mol. The zero-order valence-electron chi connectivity index (χ0n) is 8.70. The number of hydrogen-bond donors (Lipinski definition) is 0. The van der Waals surface area contributed by atoms with E-state index in [0.29, 0.717) is 18.5 Å². The number of benzene rings is 1. The number of nitriles is 1. The quantitative estimate of drug-likeness (QED) is 0.798. The van der Waals surface area contributed by atoms with Gasteiger partial charge in [0.05, 0.1) is 0 Å². The molecule has 1 aromatic carbocycles. The van der Waals surface area contributed by atoms with Crippen LogP contribution in [0.1, 0.15) is 5.56 Å². The van der Waals surface area contributed by atoms with Crippen LogP contribution in [0.4, 0.5) is 4.39 Å². The Balaban J connectivity index is 2.65. The highest BCUT2D eigenvalue weighted by atomic mass is 79.9. The van der Waals surface area contributed by atoms with Crippen LogP contribution in [-0.2, 0) is 11.2 Å². The first-order valence-electron chi connectivity index (χ1n) is 4.63. The minimum atomic E-state index is -0.615. The fourth-order valence-corrected chi connectivity index (χ4v) is 1.62. The number of amides is 1. The summed E-state index contributed by atoms with van der Waals surface area (Å²) < 4.78 is 14.1. The number of likely N-dealkylation sites (N-methyl/N-ethyl adjacent to an activating group) is 1. The van der Waals surface area contributed by atoms with Crippen LogP contribution in [0.25, 0.3) is 0 Å². The van der Waals surface area contributed by atoms with Gasteiger partial charge in [-0.25, -0.2) is 4.39 Å². The van der Waals surface area contributed by atoms with Crippen molar-refractivity contribution in [1.82, 2.24) is 4.90 Å². The SMILES string of the molecule is CN(CCc1cc(Br)ccc1F)C(=O)C#N. The first-order valence-corrected chi connectivity index (χ1v) is 5.43. The smallest absolute Gasteiger partial charge is 0.324 e. The maximum atomic E-state index is 13.3. The Morgan fingerprint density at radius 3 is 2.94 bits per heavy atom. The van der Waals surface area contributed by atoms with Gasteiger partial charge >= 0.3 is 5.91 Å². The van der Waals surface area contributed by atoms with E-state index in [1.165, 1.54) is 24.1 Å². The van der Waals surface area contributed by atoms with Crippen molar-refractivity contribution in [2.75, 3.05) is 13.6 Å². The molecule has 0 heterocycles. The van der Waals surface area contributed by atoms with Crippen molar-refractivity contribution in [2.45, 2.75) is 6.42 Å². The molecule has 0 fully saturated rings. The van der Waals surface area contributed by atoms with E-state index >= 15 is 0 Å². The number of nitrogens with zero attached hydrogens (tertiary/aromatic N) is 2. The molecule has 0 saturated heterocycles. The fraction of sp³-hybridized carbons (Fsp3) is 0.273. The van der Waals surface area contributed by atoms with Crippen LogP contribution in [-0.4, -0.2) is 24.4 Å². The average Bonchev–Trinajstić information content (AvgIpc) is 2.28. The van der Waals surface area contributed by atoms with Gasteiger partial charge in [0.2, 0.25) is 0 Å². The molecule has 3 nitrogen and oxygen atoms in total. The molecule has 0 aliphatic rings. The van der Waals surface area contributed by atoms with Crippen LogP contribution in [0.5, 0.6) is 0 Å². The topological polar surface area (TPSA) is 44.1 Å². The van der Waals surface area contributed by atoms with Gasteiger partial charge in [-0.1, -0.05) is 15.9 Å². The van der Waals surface area contributed by atoms with Crippen molar-refractivity contribution >= 4 is 21.8 Å². The van der Waals surface area contributed by atoms with E-state index in [1.54, 1.807) is 12.1 Å². The molecule has 0 unspecified atom stereocenters. The van der Waals surface area contributed by atoms with Crippen LogP contribution in [0.15, 0.2) is 22.7 Å². The van der Waals surface area contributed by atoms with Gasteiger partial charge in [-0.05, 0) is 30.2 Å². The number of halogens is 2. The van der Waals surface area contributed by atoms with Crippen LogP contribution >= 0.6 is 15.9 Å². The van der Waals surface area contributed by atoms with Gasteiger partial charge in [-0.3, -0.25) is 4.79 Å². The van der Waals surface area contributed by atoms with E-state index in [-0.39, 0.29) is 5.82 Å². The van der Waals surface area contributed by atoms with Crippen molar-refractivity contribution in [2.24, 2.45) is 0 Å². The number of rotatable bonds is 3. The Kier molecular flexibility index (Phi) is 4.44. The molecule has 0 saturated carbocycles. The Morgan fingerprint density at radius 1 is 1.62 bits per heavy atom. The van der Waals surface area contributed by atoms with E-state index in [4.69, 9.17) is 5.26 Å². The van der Waals surface area contributed by atoms with Gasteiger partial charge in [-0.15, -0.1) is 0 Å². The molecule has 16 heavy (non-hydrogen) atoms. The molecule has 0 aliphatic carbocycles. The lowest BCUT2D eigenvalue weighted by Crippen LogP contribution is -2.27. The lowest BCUT2D eigenvalue weighted by Gasteiger charge is -2.13. The molecule has 0 aliphatic heterocycles. The Bertz CT molecular complexity index is 442. The van der Waals surface area contributed by atoms with Crippen LogP contribution < -0.4 is 0 Å². The van der Waals surface area contributed by atoms with E-state index in [1.807, 2.05) is 0 Å². The van der Waals surface area contributed by atoms with E-state index < -0.39 is 5.91 Å². The Hall–Kier alpha value is -1.41. The Labute approximate surface area is 102 Å². The second-order valence-electron chi connectivity index (χ2n) is 3.32. The first-order chi connectivity index (χ1) is 7.54. The lowest BCUT2D eigenvalue weighted by molar-refractivity contribution is -0.124. The van der Waals surface area contributed by atoms with Crippen LogP contribution in [0.3, 0.4) is 0 Å². The summed E-state index contributed by atoms with van der Waals surface area (Å²) in [7, 11) is 1.52. The molecule has 0 atom stereocenters. The molecule has 0 bridgehead atoms. The predicted octanol–water partition coefficient (Wildman–Crippen LogP) is 2.11.